The van der Waals surface area contributed by atoms with Gasteiger partial charge in [0.25, 0.3) is 0 Å². The Balaban J connectivity index is 1.76. The van der Waals surface area contributed by atoms with E-state index >= 15 is 0 Å². The molecule has 1 fully saturated rings. The first-order chi connectivity index (χ1) is 10.1. The highest BCUT2D eigenvalue weighted by molar-refractivity contribution is 6.30. The van der Waals surface area contributed by atoms with Crippen molar-refractivity contribution in [3.05, 3.63) is 41.0 Å². The lowest BCUT2D eigenvalue weighted by molar-refractivity contribution is 0.0145. The van der Waals surface area contributed by atoms with Gasteiger partial charge in [-0.25, -0.2) is 4.98 Å². The molecule has 1 saturated carbocycles. The van der Waals surface area contributed by atoms with Crippen LogP contribution in [0, 0.1) is 0 Å². The van der Waals surface area contributed by atoms with E-state index in [1.54, 1.807) is 0 Å². The minimum atomic E-state index is -0.522. The zero-order chi connectivity index (χ0) is 14.9. The molecule has 0 amide bonds. The molecule has 21 heavy (non-hydrogen) atoms. The second-order valence-electron chi connectivity index (χ2n) is 6.23. The highest BCUT2D eigenvalue weighted by Gasteiger charge is 2.32. The summed E-state index contributed by atoms with van der Waals surface area (Å²) in [7, 11) is 2.03. The molecule has 1 aliphatic carbocycles. The summed E-state index contributed by atoms with van der Waals surface area (Å²) in [4.78, 5) is 6.60. The Bertz CT molecular complexity index is 638. The minimum absolute atomic E-state index is 0.522. The first-order valence-electron chi connectivity index (χ1n) is 7.51. The summed E-state index contributed by atoms with van der Waals surface area (Å²) in [5.74, 6) is 0. The fraction of sp³-hybridized carbons (Fsp3) is 0.471. The van der Waals surface area contributed by atoms with Gasteiger partial charge in [-0.2, -0.15) is 0 Å². The van der Waals surface area contributed by atoms with Gasteiger partial charge in [-0.05, 0) is 32.0 Å². The van der Waals surface area contributed by atoms with Crippen molar-refractivity contribution in [2.45, 2.75) is 37.8 Å². The molecule has 3 nitrogen and oxygen atoms in total. The van der Waals surface area contributed by atoms with Crippen molar-refractivity contribution >= 4 is 22.5 Å². The van der Waals surface area contributed by atoms with Crippen molar-refractivity contribution < 1.29 is 5.11 Å². The molecule has 0 radical (unpaired) electrons. The largest absolute Gasteiger partial charge is 0.389 e. The number of nitrogens with zero attached hydrogens (tertiary/aromatic N) is 2. The first kappa shape index (κ1) is 14.8. The van der Waals surface area contributed by atoms with Crippen molar-refractivity contribution in [2.24, 2.45) is 0 Å². The molecule has 4 heteroatoms. The van der Waals surface area contributed by atoms with Gasteiger partial charge in [-0.15, -0.1) is 0 Å². The number of rotatable bonds is 4. The minimum Gasteiger partial charge on any atom is -0.389 e. The second kappa shape index (κ2) is 5.91. The smallest absolute Gasteiger partial charge is 0.134 e. The molecule has 1 aromatic carbocycles. The third kappa shape index (κ3) is 3.37. The van der Waals surface area contributed by atoms with Gasteiger partial charge in [0.2, 0.25) is 0 Å². The molecule has 1 aliphatic rings. The second-order valence-corrected chi connectivity index (χ2v) is 6.59. The summed E-state index contributed by atoms with van der Waals surface area (Å²) < 4.78 is 0. The van der Waals surface area contributed by atoms with Crippen LogP contribution in [0.15, 0.2) is 30.3 Å². The van der Waals surface area contributed by atoms with Gasteiger partial charge in [0.1, 0.15) is 5.15 Å². The average molecular weight is 305 g/mol. The fourth-order valence-corrected chi connectivity index (χ4v) is 3.49. The molecule has 1 heterocycles. The molecule has 3 rings (SSSR count). The maximum Gasteiger partial charge on any atom is 0.134 e. The van der Waals surface area contributed by atoms with E-state index < -0.39 is 5.60 Å². The molecular weight excluding hydrogens is 284 g/mol. The summed E-state index contributed by atoms with van der Waals surface area (Å²) in [5, 5.41) is 12.1. The van der Waals surface area contributed by atoms with Crippen LogP contribution < -0.4 is 0 Å². The summed E-state index contributed by atoms with van der Waals surface area (Å²) in [5.41, 5.74) is 1.41. The number of fused-ring (bicyclic) bond motifs is 1. The molecule has 0 unspecified atom stereocenters. The molecule has 0 atom stereocenters. The quantitative estimate of drug-likeness (QED) is 0.876. The molecule has 1 aromatic heterocycles. The normalized spacial score (nSPS) is 17.7. The molecular formula is C17H21ClN2O. The van der Waals surface area contributed by atoms with Crippen molar-refractivity contribution in [1.29, 1.82) is 0 Å². The van der Waals surface area contributed by atoms with Crippen LogP contribution in [0.2, 0.25) is 5.15 Å². The van der Waals surface area contributed by atoms with Gasteiger partial charge < -0.3 is 5.11 Å². The van der Waals surface area contributed by atoms with Crippen molar-refractivity contribution in [3.63, 3.8) is 0 Å². The van der Waals surface area contributed by atoms with Gasteiger partial charge in [-0.3, -0.25) is 4.90 Å². The van der Waals surface area contributed by atoms with E-state index in [1.165, 1.54) is 0 Å². The van der Waals surface area contributed by atoms with E-state index in [2.05, 4.69) is 16.0 Å². The van der Waals surface area contributed by atoms with E-state index in [-0.39, 0.29) is 0 Å². The van der Waals surface area contributed by atoms with E-state index in [1.807, 2.05) is 31.3 Å². The summed E-state index contributed by atoms with van der Waals surface area (Å²) in [6.45, 7) is 1.40. The standard InChI is InChI=1S/C17H21ClN2O/c1-20(12-17(21)8-4-5-9-17)11-14-10-13-6-2-3-7-15(13)19-16(14)18/h2-3,6-7,10,21H,4-5,8-9,11-12H2,1H3. The predicted octanol–water partition coefficient (Wildman–Crippen LogP) is 3.63. The Morgan fingerprint density at radius 3 is 2.76 bits per heavy atom. The Morgan fingerprint density at radius 2 is 2.00 bits per heavy atom. The lowest BCUT2D eigenvalue weighted by Crippen LogP contribution is -2.38. The van der Waals surface area contributed by atoms with E-state index in [0.717, 1.165) is 42.1 Å². The molecule has 0 saturated heterocycles. The van der Waals surface area contributed by atoms with E-state index in [0.29, 0.717) is 18.2 Å². The number of halogens is 1. The van der Waals surface area contributed by atoms with Crippen molar-refractivity contribution in [3.8, 4) is 0 Å². The number of likely N-dealkylation sites (N-methyl/N-ethyl adjacent to an activating group) is 1. The summed E-state index contributed by atoms with van der Waals surface area (Å²) >= 11 is 6.30. The van der Waals surface area contributed by atoms with Crippen LogP contribution in [0.5, 0.6) is 0 Å². The Hall–Kier alpha value is -1.16. The van der Waals surface area contributed by atoms with Crippen LogP contribution >= 0.6 is 11.6 Å². The first-order valence-corrected chi connectivity index (χ1v) is 7.89. The van der Waals surface area contributed by atoms with Crippen LogP contribution in [0.1, 0.15) is 31.2 Å². The third-order valence-corrected chi connectivity index (χ3v) is 4.62. The maximum absolute atomic E-state index is 10.5. The Kier molecular flexibility index (Phi) is 4.16. The van der Waals surface area contributed by atoms with Crippen LogP contribution in [0.25, 0.3) is 10.9 Å². The number of hydrogen-bond acceptors (Lipinski definition) is 3. The molecule has 0 spiro atoms. The number of aromatic nitrogens is 1. The number of hydrogen-bond donors (Lipinski definition) is 1. The van der Waals surface area contributed by atoms with Crippen molar-refractivity contribution in [1.82, 2.24) is 9.88 Å². The zero-order valence-corrected chi connectivity index (χ0v) is 13.1. The van der Waals surface area contributed by atoms with Crippen LogP contribution in [0.4, 0.5) is 0 Å². The molecule has 0 bridgehead atoms. The van der Waals surface area contributed by atoms with Gasteiger partial charge in [-0.1, -0.05) is 42.6 Å². The van der Waals surface area contributed by atoms with Gasteiger partial charge in [0, 0.05) is 24.0 Å². The lowest BCUT2D eigenvalue weighted by Gasteiger charge is -2.28. The topological polar surface area (TPSA) is 36.4 Å². The highest BCUT2D eigenvalue weighted by atomic mass is 35.5. The molecule has 1 N–H and O–H groups in total. The molecule has 2 aromatic rings. The van der Waals surface area contributed by atoms with Gasteiger partial charge in [0.15, 0.2) is 0 Å². The van der Waals surface area contributed by atoms with Crippen LogP contribution in [-0.4, -0.2) is 34.2 Å². The van der Waals surface area contributed by atoms with Gasteiger partial charge in [0.05, 0.1) is 11.1 Å². The van der Waals surface area contributed by atoms with Crippen molar-refractivity contribution in [2.75, 3.05) is 13.6 Å². The molecule has 112 valence electrons. The van der Waals surface area contributed by atoms with Gasteiger partial charge >= 0.3 is 0 Å². The number of aliphatic hydroxyl groups is 1. The lowest BCUT2D eigenvalue weighted by atomic mass is 10.0. The number of para-hydroxylation sites is 1. The van der Waals surface area contributed by atoms with E-state index in [9.17, 15) is 5.11 Å². The average Bonchev–Trinajstić information content (AvgIpc) is 2.86. The Labute approximate surface area is 130 Å². The zero-order valence-electron chi connectivity index (χ0n) is 12.3. The number of benzene rings is 1. The monoisotopic (exact) mass is 304 g/mol. The Morgan fingerprint density at radius 1 is 1.29 bits per heavy atom. The maximum atomic E-state index is 10.5. The third-order valence-electron chi connectivity index (χ3n) is 4.29. The molecule has 0 aliphatic heterocycles. The summed E-state index contributed by atoms with van der Waals surface area (Å²) in [6, 6.07) is 10.1. The SMILES string of the molecule is CN(Cc1cc2ccccc2nc1Cl)CC1(O)CCCC1. The van der Waals surface area contributed by atoms with Crippen LogP contribution in [0.3, 0.4) is 0 Å². The van der Waals surface area contributed by atoms with E-state index in [4.69, 9.17) is 11.6 Å². The predicted molar refractivity (Wildman–Crippen MR) is 86.5 cm³/mol. The highest BCUT2D eigenvalue weighted by Crippen LogP contribution is 2.30. The fourth-order valence-electron chi connectivity index (χ4n) is 3.29. The summed E-state index contributed by atoms with van der Waals surface area (Å²) in [6.07, 6.45) is 4.06. The number of pyridine rings is 1. The van der Waals surface area contributed by atoms with Crippen LogP contribution in [-0.2, 0) is 6.54 Å².